The highest BCUT2D eigenvalue weighted by Crippen LogP contribution is 2.31. The van der Waals surface area contributed by atoms with Crippen molar-refractivity contribution in [3.8, 4) is 17.4 Å². The Kier molecular flexibility index (Phi) is 4.32. The molecule has 4 heterocycles. The zero-order valence-corrected chi connectivity index (χ0v) is 16.2. The van der Waals surface area contributed by atoms with Crippen molar-refractivity contribution in [3.05, 3.63) is 53.4 Å². The van der Waals surface area contributed by atoms with E-state index in [0.717, 1.165) is 40.5 Å². The molecule has 0 fully saturated rings. The van der Waals surface area contributed by atoms with E-state index in [0.29, 0.717) is 19.2 Å². The summed E-state index contributed by atoms with van der Waals surface area (Å²) in [6.45, 7) is 4.05. The van der Waals surface area contributed by atoms with Gasteiger partial charge in [0, 0.05) is 23.8 Å². The van der Waals surface area contributed by atoms with Gasteiger partial charge in [0.2, 0.25) is 5.95 Å². The van der Waals surface area contributed by atoms with Crippen LogP contribution < -0.4 is 14.8 Å². The average Bonchev–Trinajstić information content (AvgIpc) is 3.37. The van der Waals surface area contributed by atoms with Crippen LogP contribution >= 0.6 is 11.3 Å². The van der Waals surface area contributed by atoms with Crippen LogP contribution in [0.2, 0.25) is 0 Å². The van der Waals surface area contributed by atoms with Crippen molar-refractivity contribution >= 4 is 27.4 Å². The Morgan fingerprint density at radius 2 is 2.04 bits per heavy atom. The number of nitrogens with zero attached hydrogens (tertiary/aromatic N) is 4. The summed E-state index contributed by atoms with van der Waals surface area (Å²) in [4.78, 5) is 15.7. The molecule has 0 aliphatic carbocycles. The quantitative estimate of drug-likeness (QED) is 0.558. The fraction of sp³-hybridized carbons (Fsp3) is 0.250. The molecular weight excluding hydrogens is 374 g/mol. The molecule has 0 saturated carbocycles. The fourth-order valence-electron chi connectivity index (χ4n) is 3.23. The van der Waals surface area contributed by atoms with Gasteiger partial charge in [-0.3, -0.25) is 4.57 Å². The Labute approximate surface area is 166 Å². The van der Waals surface area contributed by atoms with Crippen molar-refractivity contribution in [1.29, 1.82) is 0 Å². The average molecular weight is 393 g/mol. The fourth-order valence-corrected chi connectivity index (χ4v) is 4.10. The Morgan fingerprint density at radius 3 is 2.89 bits per heavy atom. The number of anilines is 1. The lowest BCUT2D eigenvalue weighted by Crippen LogP contribution is -2.15. The van der Waals surface area contributed by atoms with Crippen molar-refractivity contribution in [1.82, 2.24) is 19.5 Å². The predicted molar refractivity (Wildman–Crippen MR) is 109 cm³/mol. The summed E-state index contributed by atoms with van der Waals surface area (Å²) in [6.07, 6.45) is 6.13. The zero-order valence-electron chi connectivity index (χ0n) is 15.4. The van der Waals surface area contributed by atoms with E-state index in [1.165, 1.54) is 10.4 Å². The van der Waals surface area contributed by atoms with Gasteiger partial charge in [-0.2, -0.15) is 4.98 Å². The van der Waals surface area contributed by atoms with Crippen molar-refractivity contribution in [3.63, 3.8) is 0 Å². The number of hydrogen-bond acceptors (Lipinski definition) is 7. The third kappa shape index (κ3) is 3.27. The van der Waals surface area contributed by atoms with E-state index in [4.69, 9.17) is 14.5 Å². The minimum absolute atomic E-state index is 0.599. The third-order valence-corrected chi connectivity index (χ3v) is 5.50. The normalized spacial score (nSPS) is 13.0. The molecule has 0 radical (unpaired) electrons. The molecule has 3 aromatic heterocycles. The lowest BCUT2D eigenvalue weighted by atomic mass is 10.1. The van der Waals surface area contributed by atoms with E-state index in [-0.39, 0.29) is 0 Å². The van der Waals surface area contributed by atoms with E-state index in [2.05, 4.69) is 40.4 Å². The van der Waals surface area contributed by atoms with Gasteiger partial charge in [0.15, 0.2) is 11.5 Å². The molecule has 8 heteroatoms. The maximum absolute atomic E-state index is 5.67. The smallest absolute Gasteiger partial charge is 0.238 e. The van der Waals surface area contributed by atoms with Gasteiger partial charge in [0.25, 0.3) is 0 Å². The van der Waals surface area contributed by atoms with Crippen LogP contribution in [0.25, 0.3) is 16.2 Å². The molecule has 7 nitrogen and oxygen atoms in total. The Hall–Kier alpha value is -3.13. The van der Waals surface area contributed by atoms with Crippen LogP contribution in [0, 0.1) is 6.92 Å². The molecule has 4 aromatic rings. The Balaban J connectivity index is 1.37. The first kappa shape index (κ1) is 17.0. The SMILES string of the molecule is Cc1cc2c(NCCc3ccc4c(c3)OCCO4)nc(-n3ccnc3)nc2s1. The van der Waals surface area contributed by atoms with Crippen LogP contribution in [-0.4, -0.2) is 39.3 Å². The van der Waals surface area contributed by atoms with Crippen LogP contribution in [-0.2, 0) is 6.42 Å². The summed E-state index contributed by atoms with van der Waals surface area (Å²) in [7, 11) is 0. The van der Waals surface area contributed by atoms with Crippen LogP contribution in [0.15, 0.2) is 43.0 Å². The topological polar surface area (TPSA) is 74.1 Å². The molecule has 142 valence electrons. The van der Waals surface area contributed by atoms with Gasteiger partial charge >= 0.3 is 0 Å². The van der Waals surface area contributed by atoms with Gasteiger partial charge in [-0.05, 0) is 37.1 Å². The van der Waals surface area contributed by atoms with E-state index >= 15 is 0 Å². The van der Waals surface area contributed by atoms with Crippen LogP contribution in [0.1, 0.15) is 10.4 Å². The number of aryl methyl sites for hydroxylation is 1. The Morgan fingerprint density at radius 1 is 1.14 bits per heavy atom. The minimum atomic E-state index is 0.599. The second kappa shape index (κ2) is 7.12. The second-order valence-corrected chi connectivity index (χ2v) is 7.81. The highest BCUT2D eigenvalue weighted by Gasteiger charge is 2.13. The van der Waals surface area contributed by atoms with Gasteiger partial charge < -0.3 is 14.8 Å². The predicted octanol–water partition coefficient (Wildman–Crippen LogP) is 3.61. The molecular formula is C20H19N5O2S. The van der Waals surface area contributed by atoms with Crippen molar-refractivity contribution < 1.29 is 9.47 Å². The summed E-state index contributed by atoms with van der Waals surface area (Å²) in [5, 5.41) is 4.53. The summed E-state index contributed by atoms with van der Waals surface area (Å²) in [5.74, 6) is 3.10. The first-order chi connectivity index (χ1) is 13.8. The number of benzene rings is 1. The monoisotopic (exact) mass is 393 g/mol. The molecule has 5 rings (SSSR count). The molecule has 0 atom stereocenters. The Bertz CT molecular complexity index is 1120. The van der Waals surface area contributed by atoms with Crippen LogP contribution in [0.3, 0.4) is 0 Å². The molecule has 0 unspecified atom stereocenters. The molecule has 28 heavy (non-hydrogen) atoms. The van der Waals surface area contributed by atoms with Crippen LogP contribution in [0.4, 0.5) is 5.82 Å². The van der Waals surface area contributed by atoms with Gasteiger partial charge in [0.1, 0.15) is 30.2 Å². The second-order valence-electron chi connectivity index (χ2n) is 6.57. The molecule has 1 aliphatic heterocycles. The maximum atomic E-state index is 5.67. The number of nitrogens with one attached hydrogen (secondary N) is 1. The standard InChI is InChI=1S/C20H19N5O2S/c1-13-10-15-18(23-20(24-19(15)28-13)25-7-6-21-12-25)22-5-4-14-2-3-16-17(11-14)27-9-8-26-16/h2-3,6-7,10-12H,4-5,8-9H2,1H3,(H,22,23,24). The van der Waals surface area contributed by atoms with Gasteiger partial charge in [-0.1, -0.05) is 6.07 Å². The zero-order chi connectivity index (χ0) is 18.9. The highest BCUT2D eigenvalue weighted by atomic mass is 32.1. The highest BCUT2D eigenvalue weighted by molar-refractivity contribution is 7.18. The molecule has 0 bridgehead atoms. The van der Waals surface area contributed by atoms with Crippen LogP contribution in [0.5, 0.6) is 11.5 Å². The summed E-state index contributed by atoms with van der Waals surface area (Å²) >= 11 is 1.67. The molecule has 1 aromatic carbocycles. The summed E-state index contributed by atoms with van der Waals surface area (Å²) in [5.41, 5.74) is 1.19. The number of rotatable bonds is 5. The lowest BCUT2D eigenvalue weighted by Gasteiger charge is -2.19. The van der Waals surface area contributed by atoms with Gasteiger partial charge in [-0.25, -0.2) is 9.97 Å². The number of fused-ring (bicyclic) bond motifs is 2. The largest absolute Gasteiger partial charge is 0.486 e. The van der Waals surface area contributed by atoms with Crippen molar-refractivity contribution in [2.24, 2.45) is 0 Å². The number of thiophene rings is 1. The molecule has 1 aliphatic rings. The van der Waals surface area contributed by atoms with E-state index in [1.54, 1.807) is 23.9 Å². The van der Waals surface area contributed by atoms with Crippen molar-refractivity contribution in [2.75, 3.05) is 25.1 Å². The molecule has 0 spiro atoms. The van der Waals surface area contributed by atoms with Gasteiger partial charge in [-0.15, -0.1) is 11.3 Å². The van der Waals surface area contributed by atoms with E-state index < -0.39 is 0 Å². The molecule has 0 saturated heterocycles. The first-order valence-corrected chi connectivity index (χ1v) is 9.97. The van der Waals surface area contributed by atoms with Crippen molar-refractivity contribution in [2.45, 2.75) is 13.3 Å². The third-order valence-electron chi connectivity index (χ3n) is 4.55. The number of imidazole rings is 1. The summed E-state index contributed by atoms with van der Waals surface area (Å²) in [6, 6.07) is 8.24. The maximum Gasteiger partial charge on any atom is 0.238 e. The first-order valence-electron chi connectivity index (χ1n) is 9.15. The number of aromatic nitrogens is 4. The molecule has 1 N–H and O–H groups in total. The lowest BCUT2D eigenvalue weighted by molar-refractivity contribution is 0.171. The van der Waals surface area contributed by atoms with E-state index in [9.17, 15) is 0 Å². The minimum Gasteiger partial charge on any atom is -0.486 e. The van der Waals surface area contributed by atoms with E-state index in [1.807, 2.05) is 16.8 Å². The number of hydrogen-bond donors (Lipinski definition) is 1. The number of ether oxygens (including phenoxy) is 2. The summed E-state index contributed by atoms with van der Waals surface area (Å²) < 4.78 is 13.1. The molecule has 0 amide bonds. The van der Waals surface area contributed by atoms with Gasteiger partial charge in [0.05, 0.1) is 5.39 Å².